The Morgan fingerprint density at radius 3 is 2.05 bits per heavy atom. The molecule has 1 heterocycles. The van der Waals surface area contributed by atoms with E-state index in [4.69, 9.17) is 0 Å². The molecule has 0 radical (unpaired) electrons. The number of benzene rings is 1. The normalized spacial score (nSPS) is 25.2. The first-order chi connectivity index (χ1) is 9.00. The molecule has 1 atom stereocenters. The van der Waals surface area contributed by atoms with E-state index >= 15 is 0 Å². The lowest BCUT2D eigenvalue weighted by atomic mass is 9.94. The first-order valence-electron chi connectivity index (χ1n) is 6.15. The Morgan fingerprint density at radius 1 is 1.00 bits per heavy atom. The van der Waals surface area contributed by atoms with Crippen LogP contribution in [-0.4, -0.2) is 41.7 Å². The van der Waals surface area contributed by atoms with Gasteiger partial charge in [-0.05, 0) is 12.0 Å². The van der Waals surface area contributed by atoms with Crippen molar-refractivity contribution in [3.05, 3.63) is 35.9 Å². The van der Waals surface area contributed by atoms with Crippen LogP contribution >= 0.6 is 0 Å². The molecule has 4 amide bonds. The van der Waals surface area contributed by atoms with E-state index in [0.717, 1.165) is 15.4 Å². The fourth-order valence-electron chi connectivity index (χ4n) is 2.91. The van der Waals surface area contributed by atoms with Crippen molar-refractivity contribution in [3.63, 3.8) is 0 Å². The van der Waals surface area contributed by atoms with Gasteiger partial charge < -0.3 is 0 Å². The van der Waals surface area contributed by atoms with Crippen LogP contribution < -0.4 is 0 Å². The summed E-state index contributed by atoms with van der Waals surface area (Å²) in [6.45, 7) is 0. The molecule has 1 aromatic rings. The number of carbonyl (C=O) groups excluding carboxylic acids is 3. The molecule has 5 nitrogen and oxygen atoms in total. The fraction of sp³-hybridized carbons (Fsp3) is 0.357. The summed E-state index contributed by atoms with van der Waals surface area (Å²) in [6.07, 6.45) is 0.483. The molecule has 1 aromatic carbocycles. The number of hydrogen-bond acceptors (Lipinski definition) is 3. The maximum absolute atomic E-state index is 12.3. The molecule has 5 heteroatoms. The summed E-state index contributed by atoms with van der Waals surface area (Å²) < 4.78 is 0. The predicted molar refractivity (Wildman–Crippen MR) is 67.2 cm³/mol. The van der Waals surface area contributed by atoms with Gasteiger partial charge in [0.1, 0.15) is 5.41 Å². The highest BCUT2D eigenvalue weighted by molar-refractivity contribution is 6.21. The molecular weight excluding hydrogens is 244 g/mol. The molecule has 2 aliphatic rings. The number of amides is 4. The Hall–Kier alpha value is -2.17. The number of rotatable bonds is 1. The van der Waals surface area contributed by atoms with E-state index in [2.05, 4.69) is 0 Å². The fourth-order valence-corrected chi connectivity index (χ4v) is 2.91. The number of imide groups is 2. The van der Waals surface area contributed by atoms with Crippen molar-refractivity contribution < 1.29 is 14.4 Å². The minimum Gasteiger partial charge on any atom is -0.273 e. The van der Waals surface area contributed by atoms with Crippen molar-refractivity contribution in [2.24, 2.45) is 5.41 Å². The van der Waals surface area contributed by atoms with Gasteiger partial charge in [0.25, 0.3) is 0 Å². The van der Waals surface area contributed by atoms with E-state index in [-0.39, 0.29) is 17.7 Å². The Labute approximate surface area is 110 Å². The molecule has 1 aliphatic carbocycles. The highest BCUT2D eigenvalue weighted by atomic mass is 16.2. The maximum atomic E-state index is 12.3. The summed E-state index contributed by atoms with van der Waals surface area (Å²) >= 11 is 0. The van der Waals surface area contributed by atoms with Gasteiger partial charge in [-0.15, -0.1) is 0 Å². The zero-order valence-corrected chi connectivity index (χ0v) is 10.8. The van der Waals surface area contributed by atoms with E-state index in [0.29, 0.717) is 6.42 Å². The maximum Gasteiger partial charge on any atom is 0.332 e. The Bertz CT molecular complexity index is 558. The molecule has 1 saturated heterocycles. The van der Waals surface area contributed by atoms with Crippen LogP contribution in [0.1, 0.15) is 17.9 Å². The SMILES string of the molecule is CN1C(=O)N(C)C(=O)C2(C[C@H]2c2ccccc2)C1=O. The second kappa shape index (κ2) is 3.66. The van der Waals surface area contributed by atoms with Crippen LogP contribution in [0.2, 0.25) is 0 Å². The second-order valence-corrected chi connectivity index (χ2v) is 5.15. The molecule has 1 aliphatic heterocycles. The third-order valence-corrected chi connectivity index (χ3v) is 4.11. The van der Waals surface area contributed by atoms with Gasteiger partial charge in [-0.1, -0.05) is 30.3 Å². The van der Waals surface area contributed by atoms with Crippen LogP contribution in [-0.2, 0) is 9.59 Å². The topological polar surface area (TPSA) is 57.7 Å². The van der Waals surface area contributed by atoms with Gasteiger partial charge in [-0.25, -0.2) is 4.79 Å². The third-order valence-electron chi connectivity index (χ3n) is 4.11. The molecule has 0 N–H and O–H groups in total. The average Bonchev–Trinajstić information content (AvgIpc) is 3.19. The highest BCUT2D eigenvalue weighted by Crippen LogP contribution is 2.62. The number of carbonyl (C=O) groups is 3. The van der Waals surface area contributed by atoms with Crippen molar-refractivity contribution in [1.82, 2.24) is 9.80 Å². The van der Waals surface area contributed by atoms with Gasteiger partial charge in [0.2, 0.25) is 11.8 Å². The van der Waals surface area contributed by atoms with Gasteiger partial charge in [0.15, 0.2) is 0 Å². The average molecular weight is 258 g/mol. The van der Waals surface area contributed by atoms with Gasteiger partial charge in [-0.3, -0.25) is 19.4 Å². The minimum absolute atomic E-state index is 0.119. The molecule has 1 saturated carbocycles. The van der Waals surface area contributed by atoms with Gasteiger partial charge in [-0.2, -0.15) is 0 Å². The summed E-state index contributed by atoms with van der Waals surface area (Å²) in [7, 11) is 2.85. The van der Waals surface area contributed by atoms with Gasteiger partial charge in [0.05, 0.1) is 0 Å². The van der Waals surface area contributed by atoms with Crippen LogP contribution in [0.15, 0.2) is 30.3 Å². The zero-order valence-electron chi connectivity index (χ0n) is 10.8. The lowest BCUT2D eigenvalue weighted by Crippen LogP contribution is -2.58. The van der Waals surface area contributed by atoms with Crippen molar-refractivity contribution in [2.45, 2.75) is 12.3 Å². The zero-order chi connectivity index (χ0) is 13.8. The van der Waals surface area contributed by atoms with E-state index in [1.807, 2.05) is 30.3 Å². The molecule has 98 valence electrons. The monoisotopic (exact) mass is 258 g/mol. The van der Waals surface area contributed by atoms with Crippen LogP contribution in [0.4, 0.5) is 4.79 Å². The van der Waals surface area contributed by atoms with E-state index < -0.39 is 11.4 Å². The lowest BCUT2D eigenvalue weighted by Gasteiger charge is -2.33. The Balaban J connectivity index is 2.00. The van der Waals surface area contributed by atoms with Crippen LogP contribution in [0, 0.1) is 5.41 Å². The van der Waals surface area contributed by atoms with Crippen LogP contribution in [0.25, 0.3) is 0 Å². The van der Waals surface area contributed by atoms with E-state index in [9.17, 15) is 14.4 Å². The summed E-state index contributed by atoms with van der Waals surface area (Å²) in [5.41, 5.74) is -0.0842. The lowest BCUT2D eigenvalue weighted by molar-refractivity contribution is -0.150. The smallest absolute Gasteiger partial charge is 0.273 e. The standard InChI is InChI=1S/C14H14N2O3/c1-15-11(17)14(12(18)16(2)13(15)19)8-10(14)9-6-4-3-5-7-9/h3-7,10H,8H2,1-2H3/t10-/m0/s1. The summed E-state index contributed by atoms with van der Waals surface area (Å²) in [5, 5.41) is 0. The Morgan fingerprint density at radius 2 is 1.53 bits per heavy atom. The molecular formula is C14H14N2O3. The first-order valence-corrected chi connectivity index (χ1v) is 6.15. The number of nitrogens with zero attached hydrogens (tertiary/aromatic N) is 2. The first kappa shape index (κ1) is 11.9. The Kier molecular flexibility index (Phi) is 2.29. The summed E-state index contributed by atoms with van der Waals surface area (Å²) in [6, 6.07) is 8.94. The second-order valence-electron chi connectivity index (χ2n) is 5.15. The van der Waals surface area contributed by atoms with E-state index in [1.165, 1.54) is 14.1 Å². The molecule has 1 spiro atoms. The summed E-state index contributed by atoms with van der Waals surface area (Å²) in [4.78, 5) is 38.4. The van der Waals surface area contributed by atoms with Crippen LogP contribution in [0.5, 0.6) is 0 Å². The van der Waals surface area contributed by atoms with Gasteiger partial charge in [0, 0.05) is 20.0 Å². The number of urea groups is 1. The largest absolute Gasteiger partial charge is 0.332 e. The van der Waals surface area contributed by atoms with Crippen LogP contribution in [0.3, 0.4) is 0 Å². The van der Waals surface area contributed by atoms with Crippen molar-refractivity contribution in [3.8, 4) is 0 Å². The predicted octanol–water partition coefficient (Wildman–Crippen LogP) is 1.21. The van der Waals surface area contributed by atoms with Crippen molar-refractivity contribution >= 4 is 17.8 Å². The quantitative estimate of drug-likeness (QED) is 0.711. The molecule has 0 aromatic heterocycles. The summed E-state index contributed by atoms with van der Waals surface area (Å²) in [5.74, 6) is -0.879. The molecule has 19 heavy (non-hydrogen) atoms. The number of barbiturate groups is 1. The highest BCUT2D eigenvalue weighted by Gasteiger charge is 2.70. The van der Waals surface area contributed by atoms with Gasteiger partial charge >= 0.3 is 6.03 Å². The van der Waals surface area contributed by atoms with E-state index in [1.54, 1.807) is 0 Å². The molecule has 3 rings (SSSR count). The minimum atomic E-state index is -1.06. The molecule has 0 bridgehead atoms. The number of hydrogen-bond donors (Lipinski definition) is 0. The molecule has 2 fully saturated rings. The third kappa shape index (κ3) is 1.38. The van der Waals surface area contributed by atoms with Crippen molar-refractivity contribution in [2.75, 3.05) is 14.1 Å². The molecule has 0 unspecified atom stereocenters. The van der Waals surface area contributed by atoms with Crippen molar-refractivity contribution in [1.29, 1.82) is 0 Å².